The number of carbonyl (C=O) groups excluding carboxylic acids is 1. The summed E-state index contributed by atoms with van der Waals surface area (Å²) in [4.78, 5) is 20.5. The van der Waals surface area contributed by atoms with Crippen LogP contribution in [0.2, 0.25) is 0 Å². The minimum absolute atomic E-state index is 0. The predicted octanol–water partition coefficient (Wildman–Crippen LogP) is 5.27. The van der Waals surface area contributed by atoms with Crippen molar-refractivity contribution >= 4 is 11.7 Å². The SMILES string of the molecule is Cn1cnnc1-c1cc(C#N)ccc1-c1cc(C2CC2)nc(N2Cc3ccc(CNCC4=C=CC4)cc3C2=O)c1.[HH]. The Hall–Kier alpha value is -4.83. The van der Waals surface area contributed by atoms with Crippen molar-refractivity contribution in [2.45, 2.75) is 38.3 Å². The highest BCUT2D eigenvalue weighted by atomic mass is 16.2. The van der Waals surface area contributed by atoms with E-state index in [4.69, 9.17) is 4.98 Å². The van der Waals surface area contributed by atoms with Crippen LogP contribution in [0.3, 0.4) is 0 Å². The number of carbonyl (C=O) groups is 1. The Balaban J connectivity index is 0.00000302. The lowest BCUT2D eigenvalue weighted by molar-refractivity contribution is 0.0996. The molecule has 1 N–H and O–H groups in total. The summed E-state index contributed by atoms with van der Waals surface area (Å²) in [5.74, 6) is 1.70. The van der Waals surface area contributed by atoms with E-state index in [9.17, 15) is 10.1 Å². The molecule has 3 heterocycles. The van der Waals surface area contributed by atoms with E-state index in [-0.39, 0.29) is 7.33 Å². The first-order valence-electron chi connectivity index (χ1n) is 13.6. The molecule has 2 aliphatic carbocycles. The quantitative estimate of drug-likeness (QED) is 0.313. The van der Waals surface area contributed by atoms with Crippen molar-refractivity contribution in [2.24, 2.45) is 7.05 Å². The molecule has 4 aromatic rings. The van der Waals surface area contributed by atoms with Crippen LogP contribution in [0.1, 0.15) is 59.3 Å². The van der Waals surface area contributed by atoms with Gasteiger partial charge in [-0.1, -0.05) is 18.2 Å². The number of rotatable bonds is 8. The summed E-state index contributed by atoms with van der Waals surface area (Å²) in [5.41, 5.74) is 11.5. The Morgan fingerprint density at radius 3 is 2.70 bits per heavy atom. The summed E-state index contributed by atoms with van der Waals surface area (Å²) in [5, 5.41) is 21.4. The first-order valence-corrected chi connectivity index (χ1v) is 13.6. The molecule has 1 amide bonds. The molecule has 8 heteroatoms. The Bertz CT molecular complexity index is 1790. The van der Waals surface area contributed by atoms with E-state index < -0.39 is 0 Å². The second kappa shape index (κ2) is 9.73. The zero-order chi connectivity index (χ0) is 27.2. The summed E-state index contributed by atoms with van der Waals surface area (Å²) in [6.45, 7) is 2.01. The van der Waals surface area contributed by atoms with Crippen LogP contribution >= 0.6 is 0 Å². The van der Waals surface area contributed by atoms with Crippen molar-refractivity contribution in [3.8, 4) is 28.6 Å². The molecule has 2 aromatic heterocycles. The van der Waals surface area contributed by atoms with Crippen LogP contribution in [0.4, 0.5) is 5.82 Å². The number of hydrogen-bond acceptors (Lipinski definition) is 6. The molecule has 40 heavy (non-hydrogen) atoms. The van der Waals surface area contributed by atoms with Crippen molar-refractivity contribution in [1.82, 2.24) is 25.1 Å². The maximum absolute atomic E-state index is 13.7. The van der Waals surface area contributed by atoms with Crippen molar-refractivity contribution in [1.29, 1.82) is 5.26 Å². The number of aromatic nitrogens is 4. The van der Waals surface area contributed by atoms with Gasteiger partial charge in [-0.15, -0.1) is 15.9 Å². The van der Waals surface area contributed by atoms with Crippen molar-refractivity contribution < 1.29 is 6.22 Å². The topological polar surface area (TPSA) is 99.7 Å². The highest BCUT2D eigenvalue weighted by molar-refractivity contribution is 6.10. The highest BCUT2D eigenvalue weighted by Gasteiger charge is 2.32. The van der Waals surface area contributed by atoms with Gasteiger partial charge in [-0.25, -0.2) is 4.98 Å². The molecule has 0 bridgehead atoms. The van der Waals surface area contributed by atoms with Crippen molar-refractivity contribution in [3.63, 3.8) is 0 Å². The molecule has 1 saturated carbocycles. The minimum atomic E-state index is -0.0266. The lowest BCUT2D eigenvalue weighted by Crippen LogP contribution is -2.24. The molecule has 1 aliphatic heterocycles. The molecule has 8 nitrogen and oxygen atoms in total. The Morgan fingerprint density at radius 2 is 1.98 bits per heavy atom. The van der Waals surface area contributed by atoms with Crippen LogP contribution in [0, 0.1) is 11.3 Å². The fourth-order valence-electron chi connectivity index (χ4n) is 5.37. The number of nitrogens with zero attached hydrogens (tertiary/aromatic N) is 6. The largest absolute Gasteiger partial charge is 0.317 e. The lowest BCUT2D eigenvalue weighted by Gasteiger charge is -2.18. The summed E-state index contributed by atoms with van der Waals surface area (Å²) in [6, 6.07) is 18.1. The van der Waals surface area contributed by atoms with Crippen molar-refractivity contribution in [2.75, 3.05) is 11.4 Å². The number of nitriles is 1. The Morgan fingerprint density at radius 1 is 1.10 bits per heavy atom. The van der Waals surface area contributed by atoms with Crippen molar-refractivity contribution in [3.05, 3.63) is 100 Å². The number of fused-ring (bicyclic) bond motifs is 1. The summed E-state index contributed by atoms with van der Waals surface area (Å²) >= 11 is 0. The number of aryl methyl sites for hydroxylation is 1. The monoisotopic (exact) mass is 527 g/mol. The van der Waals surface area contributed by atoms with Gasteiger partial charge in [-0.3, -0.25) is 9.69 Å². The van der Waals surface area contributed by atoms with E-state index in [0.717, 1.165) is 64.9 Å². The Kier molecular flexibility index (Phi) is 5.89. The molecule has 0 saturated heterocycles. The molecule has 3 aliphatic rings. The third kappa shape index (κ3) is 4.42. The summed E-state index contributed by atoms with van der Waals surface area (Å²) in [6.07, 6.45) is 6.88. The van der Waals surface area contributed by atoms with Crippen LogP contribution < -0.4 is 10.2 Å². The fraction of sp³-hybridized carbons (Fsp3) is 0.250. The molecule has 198 valence electrons. The second-order valence-corrected chi connectivity index (χ2v) is 10.7. The van der Waals surface area contributed by atoms with E-state index in [0.29, 0.717) is 36.2 Å². The first-order chi connectivity index (χ1) is 19.6. The molecule has 2 aromatic carbocycles. The molecule has 0 atom stereocenters. The smallest absolute Gasteiger partial charge is 0.260 e. The average molecular weight is 528 g/mol. The van der Waals surface area contributed by atoms with E-state index in [1.54, 1.807) is 11.2 Å². The van der Waals surface area contributed by atoms with E-state index >= 15 is 0 Å². The molecular formula is C32H29N7O. The number of pyridine rings is 1. The number of benzene rings is 2. The summed E-state index contributed by atoms with van der Waals surface area (Å²) < 4.78 is 1.84. The van der Waals surface area contributed by atoms with Crippen LogP contribution in [0.25, 0.3) is 22.5 Å². The minimum Gasteiger partial charge on any atom is -0.317 e. The van der Waals surface area contributed by atoms with Gasteiger partial charge in [0, 0.05) is 50.7 Å². The third-order valence-electron chi connectivity index (χ3n) is 7.82. The van der Waals surface area contributed by atoms with E-state index in [1.807, 2.05) is 48.0 Å². The van der Waals surface area contributed by atoms with Gasteiger partial charge in [0.2, 0.25) is 0 Å². The van der Waals surface area contributed by atoms with E-state index in [1.165, 1.54) is 5.57 Å². The average Bonchev–Trinajstić information content (AvgIpc) is 3.64. The normalized spacial score (nSPS) is 15.6. The van der Waals surface area contributed by atoms with Gasteiger partial charge < -0.3 is 9.88 Å². The molecule has 1 fully saturated rings. The Labute approximate surface area is 233 Å². The molecular weight excluding hydrogens is 498 g/mol. The number of hydrogen-bond donors (Lipinski definition) is 1. The standard InChI is InChI=1S/C32H27N7O.H2/c1-38-19-35-37-31(38)28-11-21(15-33)6-10-26(28)25-13-29(23-8-9-23)36-30(14-25)39-18-24-7-5-22(12-27(24)32(39)40)17-34-16-20-3-2-4-20;/h2,5-7,10-14,19,23,34H,3,8-9,16-18H2,1H3;1H. The van der Waals surface area contributed by atoms with Gasteiger partial charge in [0.25, 0.3) is 5.91 Å². The van der Waals surface area contributed by atoms with E-state index in [2.05, 4.69) is 45.5 Å². The van der Waals surface area contributed by atoms with Gasteiger partial charge in [0.15, 0.2) is 5.82 Å². The first kappa shape index (κ1) is 24.2. The van der Waals surface area contributed by atoms with Gasteiger partial charge in [-0.2, -0.15) is 5.26 Å². The molecule has 0 spiro atoms. The molecule has 0 radical (unpaired) electrons. The summed E-state index contributed by atoms with van der Waals surface area (Å²) in [7, 11) is 1.89. The van der Waals surface area contributed by atoms with Gasteiger partial charge in [-0.05, 0) is 77.1 Å². The third-order valence-corrected chi connectivity index (χ3v) is 7.82. The number of nitrogens with one attached hydrogen (secondary N) is 1. The van der Waals surface area contributed by atoms with Crippen LogP contribution in [-0.2, 0) is 20.1 Å². The second-order valence-electron chi connectivity index (χ2n) is 10.7. The fourth-order valence-corrected chi connectivity index (χ4v) is 5.37. The van der Waals surface area contributed by atoms with Crippen LogP contribution in [0.5, 0.6) is 0 Å². The molecule has 7 rings (SSSR count). The van der Waals surface area contributed by atoms with Gasteiger partial charge >= 0.3 is 0 Å². The molecule has 0 unspecified atom stereocenters. The maximum Gasteiger partial charge on any atom is 0.260 e. The zero-order valence-corrected chi connectivity index (χ0v) is 22.2. The number of anilines is 1. The van der Waals surface area contributed by atoms with Gasteiger partial charge in [0.05, 0.1) is 18.2 Å². The van der Waals surface area contributed by atoms with Crippen LogP contribution in [-0.4, -0.2) is 32.2 Å². The highest BCUT2D eigenvalue weighted by Crippen LogP contribution is 2.43. The van der Waals surface area contributed by atoms with Gasteiger partial charge in [0.1, 0.15) is 12.1 Å². The zero-order valence-electron chi connectivity index (χ0n) is 22.2. The lowest BCUT2D eigenvalue weighted by atomic mass is 9.96. The van der Waals surface area contributed by atoms with Crippen LogP contribution in [0.15, 0.2) is 72.2 Å². The number of amides is 1. The maximum atomic E-state index is 13.7. The predicted molar refractivity (Wildman–Crippen MR) is 153 cm³/mol.